The van der Waals surface area contributed by atoms with Crippen molar-refractivity contribution in [2.75, 3.05) is 30.8 Å². The third-order valence-corrected chi connectivity index (χ3v) is 3.58. The van der Waals surface area contributed by atoms with Crippen molar-refractivity contribution in [3.05, 3.63) is 11.8 Å². The summed E-state index contributed by atoms with van der Waals surface area (Å²) in [6.07, 6.45) is 4.27. The largest absolute Gasteiger partial charge is 0.368 e. The van der Waals surface area contributed by atoms with Gasteiger partial charge in [0.05, 0.1) is 0 Å². The zero-order valence-electron chi connectivity index (χ0n) is 11.5. The number of anilines is 2. The van der Waals surface area contributed by atoms with Gasteiger partial charge in [-0.3, -0.25) is 4.79 Å². The minimum atomic E-state index is 0.102. The fraction of sp³-hybridized carbons (Fsp3) is 0.615. The van der Waals surface area contributed by atoms with Crippen LogP contribution in [-0.4, -0.2) is 36.0 Å². The van der Waals surface area contributed by atoms with Crippen LogP contribution in [0.4, 0.5) is 11.8 Å². The second kappa shape index (κ2) is 5.86. The number of carbonyl (C=O) groups excluding carboxylic acids is 1. The van der Waals surface area contributed by atoms with Gasteiger partial charge in [0.25, 0.3) is 0 Å². The summed E-state index contributed by atoms with van der Waals surface area (Å²) in [6.45, 7) is 3.86. The molecule has 1 aliphatic heterocycles. The highest BCUT2D eigenvalue weighted by Gasteiger charge is 2.26. The second-order valence-electron chi connectivity index (χ2n) is 4.91. The number of nitrogen functional groups attached to an aromatic ring is 1. The van der Waals surface area contributed by atoms with Crippen molar-refractivity contribution in [3.63, 3.8) is 0 Å². The molecule has 1 saturated heterocycles. The first-order valence-corrected chi connectivity index (χ1v) is 6.71. The lowest BCUT2D eigenvalue weighted by Gasteiger charge is -2.20. The van der Waals surface area contributed by atoms with E-state index in [-0.39, 0.29) is 5.91 Å². The molecular formula is C13H21N5O. The average molecular weight is 263 g/mol. The standard InChI is InChI=1S/C13H21N5O/c1-3-10-7-16-13(14)17-12(10)18-5-4-9(8-18)6-11(19)15-2/h7,9H,3-6,8H2,1-2H3,(H,15,19)(H2,14,16,17). The van der Waals surface area contributed by atoms with E-state index >= 15 is 0 Å². The van der Waals surface area contributed by atoms with E-state index in [1.54, 1.807) is 13.2 Å². The van der Waals surface area contributed by atoms with Crippen LogP contribution in [0, 0.1) is 5.92 Å². The molecule has 1 fully saturated rings. The van der Waals surface area contributed by atoms with Crippen LogP contribution < -0.4 is 16.0 Å². The summed E-state index contributed by atoms with van der Waals surface area (Å²) in [5, 5.41) is 2.68. The van der Waals surface area contributed by atoms with Gasteiger partial charge < -0.3 is 16.0 Å². The number of rotatable bonds is 4. The zero-order chi connectivity index (χ0) is 13.8. The molecule has 1 amide bonds. The molecule has 0 radical (unpaired) electrons. The molecule has 0 spiro atoms. The Labute approximate surface area is 113 Å². The molecular weight excluding hydrogens is 242 g/mol. The van der Waals surface area contributed by atoms with Gasteiger partial charge in [-0.1, -0.05) is 6.92 Å². The van der Waals surface area contributed by atoms with E-state index in [4.69, 9.17) is 5.73 Å². The molecule has 6 nitrogen and oxygen atoms in total. The molecule has 0 bridgehead atoms. The van der Waals surface area contributed by atoms with Gasteiger partial charge in [0.1, 0.15) is 5.82 Å². The van der Waals surface area contributed by atoms with Crippen molar-refractivity contribution in [1.82, 2.24) is 15.3 Å². The predicted molar refractivity (Wildman–Crippen MR) is 74.8 cm³/mol. The molecule has 0 aliphatic carbocycles. The molecule has 19 heavy (non-hydrogen) atoms. The lowest BCUT2D eigenvalue weighted by Crippen LogP contribution is -2.25. The van der Waals surface area contributed by atoms with Crippen molar-refractivity contribution < 1.29 is 4.79 Å². The quantitative estimate of drug-likeness (QED) is 0.830. The number of aryl methyl sites for hydroxylation is 1. The maximum Gasteiger partial charge on any atom is 0.221 e. The molecule has 1 aromatic rings. The number of carbonyl (C=O) groups is 1. The summed E-state index contributed by atoms with van der Waals surface area (Å²) in [6, 6.07) is 0. The van der Waals surface area contributed by atoms with Crippen LogP contribution in [0.25, 0.3) is 0 Å². The number of aromatic nitrogens is 2. The number of nitrogens with two attached hydrogens (primary N) is 1. The minimum Gasteiger partial charge on any atom is -0.368 e. The topological polar surface area (TPSA) is 84.1 Å². The van der Waals surface area contributed by atoms with Gasteiger partial charge in [-0.2, -0.15) is 4.98 Å². The molecule has 2 heterocycles. The molecule has 2 rings (SSSR count). The zero-order valence-corrected chi connectivity index (χ0v) is 11.5. The Bertz CT molecular complexity index is 462. The average Bonchev–Trinajstić information content (AvgIpc) is 2.86. The van der Waals surface area contributed by atoms with Gasteiger partial charge in [-0.15, -0.1) is 0 Å². The smallest absolute Gasteiger partial charge is 0.221 e. The van der Waals surface area contributed by atoms with Crippen molar-refractivity contribution in [2.24, 2.45) is 5.92 Å². The van der Waals surface area contributed by atoms with Gasteiger partial charge in [-0.25, -0.2) is 4.98 Å². The van der Waals surface area contributed by atoms with Crippen molar-refractivity contribution in [3.8, 4) is 0 Å². The van der Waals surface area contributed by atoms with E-state index in [1.165, 1.54) is 0 Å². The lowest BCUT2D eigenvalue weighted by molar-refractivity contribution is -0.121. The summed E-state index contributed by atoms with van der Waals surface area (Å²) in [7, 11) is 1.68. The molecule has 104 valence electrons. The first-order valence-electron chi connectivity index (χ1n) is 6.71. The van der Waals surface area contributed by atoms with E-state index in [9.17, 15) is 4.79 Å². The maximum atomic E-state index is 11.4. The van der Waals surface area contributed by atoms with Crippen LogP contribution in [0.15, 0.2) is 6.20 Å². The van der Waals surface area contributed by atoms with Crippen molar-refractivity contribution in [2.45, 2.75) is 26.2 Å². The Morgan fingerprint density at radius 1 is 1.63 bits per heavy atom. The monoisotopic (exact) mass is 263 g/mol. The third kappa shape index (κ3) is 3.13. The fourth-order valence-corrected chi connectivity index (χ4v) is 2.49. The van der Waals surface area contributed by atoms with E-state index in [1.807, 2.05) is 0 Å². The van der Waals surface area contributed by atoms with Gasteiger partial charge in [0, 0.05) is 38.3 Å². The Hall–Kier alpha value is -1.85. The first kappa shape index (κ1) is 13.6. The number of hydrogen-bond acceptors (Lipinski definition) is 5. The van der Waals surface area contributed by atoms with Crippen molar-refractivity contribution >= 4 is 17.7 Å². The molecule has 1 aromatic heterocycles. The summed E-state index contributed by atoms with van der Waals surface area (Å²) in [4.78, 5) is 22.0. The number of nitrogens with zero attached hydrogens (tertiary/aromatic N) is 3. The predicted octanol–water partition coefficient (Wildman–Crippen LogP) is 0.584. The van der Waals surface area contributed by atoms with Crippen LogP contribution in [0.3, 0.4) is 0 Å². The number of amides is 1. The van der Waals surface area contributed by atoms with Crippen LogP contribution in [0.2, 0.25) is 0 Å². The molecule has 1 unspecified atom stereocenters. The van der Waals surface area contributed by atoms with Crippen LogP contribution in [-0.2, 0) is 11.2 Å². The Balaban J connectivity index is 2.08. The van der Waals surface area contributed by atoms with Gasteiger partial charge in [0.15, 0.2) is 0 Å². The lowest BCUT2D eigenvalue weighted by atomic mass is 10.0. The second-order valence-corrected chi connectivity index (χ2v) is 4.91. The summed E-state index contributed by atoms with van der Waals surface area (Å²) < 4.78 is 0. The Morgan fingerprint density at radius 3 is 3.11 bits per heavy atom. The third-order valence-electron chi connectivity index (χ3n) is 3.58. The minimum absolute atomic E-state index is 0.102. The molecule has 3 N–H and O–H groups in total. The summed E-state index contributed by atoms with van der Waals surface area (Å²) in [5.74, 6) is 1.72. The molecule has 0 aromatic carbocycles. The van der Waals surface area contributed by atoms with Crippen molar-refractivity contribution in [1.29, 1.82) is 0 Å². The highest BCUT2D eigenvalue weighted by atomic mass is 16.1. The van der Waals surface area contributed by atoms with E-state index < -0.39 is 0 Å². The molecule has 1 aliphatic rings. The van der Waals surface area contributed by atoms with Gasteiger partial charge >= 0.3 is 0 Å². The summed E-state index contributed by atoms with van der Waals surface area (Å²) >= 11 is 0. The normalized spacial score (nSPS) is 18.6. The highest BCUT2D eigenvalue weighted by molar-refractivity contribution is 5.76. The number of nitrogens with one attached hydrogen (secondary N) is 1. The SMILES string of the molecule is CCc1cnc(N)nc1N1CCC(CC(=O)NC)C1. The van der Waals surface area contributed by atoms with Crippen LogP contribution in [0.5, 0.6) is 0 Å². The van der Waals surface area contributed by atoms with E-state index in [0.29, 0.717) is 18.3 Å². The molecule has 0 saturated carbocycles. The fourth-order valence-electron chi connectivity index (χ4n) is 2.49. The van der Waals surface area contributed by atoms with Crippen LogP contribution >= 0.6 is 0 Å². The first-order chi connectivity index (χ1) is 9.13. The Morgan fingerprint density at radius 2 is 2.42 bits per heavy atom. The molecule has 1 atom stereocenters. The van der Waals surface area contributed by atoms with E-state index in [0.717, 1.165) is 37.3 Å². The highest BCUT2D eigenvalue weighted by Crippen LogP contribution is 2.27. The van der Waals surface area contributed by atoms with Gasteiger partial charge in [-0.05, 0) is 18.8 Å². The van der Waals surface area contributed by atoms with Gasteiger partial charge in [0.2, 0.25) is 11.9 Å². The van der Waals surface area contributed by atoms with Crippen LogP contribution in [0.1, 0.15) is 25.3 Å². The molecule has 6 heteroatoms. The number of hydrogen-bond donors (Lipinski definition) is 2. The summed E-state index contributed by atoms with van der Waals surface area (Å²) in [5.41, 5.74) is 6.78. The van der Waals surface area contributed by atoms with E-state index in [2.05, 4.69) is 27.1 Å². The maximum absolute atomic E-state index is 11.4. The Kier molecular flexibility index (Phi) is 4.19.